The van der Waals surface area contributed by atoms with Crippen LogP contribution in [0.15, 0.2) is 48.5 Å². The summed E-state index contributed by atoms with van der Waals surface area (Å²) in [5, 5.41) is 0. The second-order valence-electron chi connectivity index (χ2n) is 7.07. The first-order valence-corrected chi connectivity index (χ1v) is 10.0. The molecule has 1 fully saturated rings. The first-order valence-electron chi connectivity index (χ1n) is 10.0. The van der Waals surface area contributed by atoms with Gasteiger partial charge in [0.2, 0.25) is 5.91 Å². The molecule has 0 unspecified atom stereocenters. The van der Waals surface area contributed by atoms with Crippen molar-refractivity contribution in [1.29, 1.82) is 0 Å². The molecule has 0 radical (unpaired) electrons. The average Bonchev–Trinajstić information content (AvgIpc) is 3.19. The van der Waals surface area contributed by atoms with Crippen molar-refractivity contribution in [3.63, 3.8) is 0 Å². The zero-order valence-corrected chi connectivity index (χ0v) is 17.3. The van der Waals surface area contributed by atoms with E-state index >= 15 is 0 Å². The molecule has 7 nitrogen and oxygen atoms in total. The molecular weight excluding hydrogens is 384 g/mol. The number of benzene rings is 2. The van der Waals surface area contributed by atoms with Gasteiger partial charge in [-0.1, -0.05) is 24.3 Å². The highest BCUT2D eigenvalue weighted by molar-refractivity contribution is 6.03. The number of para-hydroxylation sites is 1. The van der Waals surface area contributed by atoms with Crippen LogP contribution in [0.3, 0.4) is 0 Å². The number of likely N-dealkylation sites (N-methyl/N-ethyl adjacent to an activating group) is 1. The molecule has 2 amide bonds. The first-order chi connectivity index (χ1) is 14.5. The minimum Gasteiger partial charge on any atom is -0.494 e. The van der Waals surface area contributed by atoms with Crippen LogP contribution >= 0.6 is 0 Å². The van der Waals surface area contributed by atoms with E-state index in [-0.39, 0.29) is 24.0 Å². The number of rotatable bonds is 8. The summed E-state index contributed by atoms with van der Waals surface area (Å²) in [6, 6.07) is 14.3. The molecular formula is C23H26N2O5. The van der Waals surface area contributed by atoms with E-state index in [1.54, 1.807) is 36.2 Å². The minimum atomic E-state index is -0.617. The second-order valence-corrected chi connectivity index (χ2v) is 7.07. The van der Waals surface area contributed by atoms with Crippen LogP contribution in [0, 0.1) is 0 Å². The van der Waals surface area contributed by atoms with Gasteiger partial charge in [-0.05, 0) is 43.2 Å². The standard InChI is InChI=1S/C23H26N2O5/c1-3-29-18-12-10-17(11-13-18)15-24(2)22(27)16-30-23(28)19-7-4-5-8-20(19)25-14-6-9-21(25)26/h4-5,7-8,10-13H,3,6,9,14-16H2,1-2H3. The number of hydrogen-bond acceptors (Lipinski definition) is 5. The van der Waals surface area contributed by atoms with Crippen LogP contribution in [0.25, 0.3) is 0 Å². The zero-order chi connectivity index (χ0) is 21.5. The fourth-order valence-electron chi connectivity index (χ4n) is 3.32. The largest absolute Gasteiger partial charge is 0.494 e. The summed E-state index contributed by atoms with van der Waals surface area (Å²) in [7, 11) is 1.66. The molecule has 158 valence electrons. The van der Waals surface area contributed by atoms with Crippen LogP contribution in [0.2, 0.25) is 0 Å². The number of hydrogen-bond donors (Lipinski definition) is 0. The molecule has 0 N–H and O–H groups in total. The number of ether oxygens (including phenoxy) is 2. The average molecular weight is 410 g/mol. The van der Waals surface area contributed by atoms with Gasteiger partial charge in [-0.3, -0.25) is 9.59 Å². The van der Waals surface area contributed by atoms with Crippen molar-refractivity contribution in [2.45, 2.75) is 26.3 Å². The summed E-state index contributed by atoms with van der Waals surface area (Å²) >= 11 is 0. The molecule has 0 aromatic heterocycles. The van der Waals surface area contributed by atoms with E-state index < -0.39 is 5.97 Å². The Bertz CT molecular complexity index is 910. The van der Waals surface area contributed by atoms with Gasteiger partial charge in [0.1, 0.15) is 5.75 Å². The van der Waals surface area contributed by atoms with Gasteiger partial charge in [-0.25, -0.2) is 4.79 Å². The lowest BCUT2D eigenvalue weighted by molar-refractivity contribution is -0.133. The molecule has 7 heteroatoms. The number of amides is 2. The lowest BCUT2D eigenvalue weighted by atomic mass is 10.1. The van der Waals surface area contributed by atoms with Gasteiger partial charge in [0, 0.05) is 26.6 Å². The van der Waals surface area contributed by atoms with Crippen molar-refractivity contribution in [2.75, 3.05) is 31.7 Å². The lowest BCUT2D eigenvalue weighted by Gasteiger charge is -2.20. The van der Waals surface area contributed by atoms with Crippen molar-refractivity contribution in [3.8, 4) is 5.75 Å². The summed E-state index contributed by atoms with van der Waals surface area (Å²) in [4.78, 5) is 40.1. The minimum absolute atomic E-state index is 0.0126. The van der Waals surface area contributed by atoms with Gasteiger partial charge in [-0.2, -0.15) is 0 Å². The molecule has 1 saturated heterocycles. The molecule has 0 bridgehead atoms. The van der Waals surface area contributed by atoms with E-state index in [9.17, 15) is 14.4 Å². The molecule has 0 atom stereocenters. The maximum atomic E-state index is 12.6. The topological polar surface area (TPSA) is 76.2 Å². The Kier molecular flexibility index (Phi) is 7.06. The third-order valence-electron chi connectivity index (χ3n) is 4.89. The Morgan fingerprint density at radius 1 is 1.10 bits per heavy atom. The summed E-state index contributed by atoms with van der Waals surface area (Å²) in [6.07, 6.45) is 1.23. The van der Waals surface area contributed by atoms with Crippen molar-refractivity contribution in [3.05, 3.63) is 59.7 Å². The Morgan fingerprint density at radius 2 is 1.83 bits per heavy atom. The molecule has 3 rings (SSSR count). The van der Waals surface area contributed by atoms with Gasteiger partial charge in [0.15, 0.2) is 6.61 Å². The SMILES string of the molecule is CCOc1ccc(CN(C)C(=O)COC(=O)c2ccccc2N2CCCC2=O)cc1. The summed E-state index contributed by atoms with van der Waals surface area (Å²) < 4.78 is 10.7. The number of carbonyl (C=O) groups excluding carboxylic acids is 3. The molecule has 0 aliphatic carbocycles. The van der Waals surface area contributed by atoms with E-state index in [4.69, 9.17) is 9.47 Å². The fraction of sp³-hybridized carbons (Fsp3) is 0.348. The van der Waals surface area contributed by atoms with Crippen LogP contribution in [0.1, 0.15) is 35.7 Å². The number of carbonyl (C=O) groups is 3. The lowest BCUT2D eigenvalue weighted by Crippen LogP contribution is -2.31. The predicted molar refractivity (Wildman–Crippen MR) is 112 cm³/mol. The van der Waals surface area contributed by atoms with Crippen LogP contribution < -0.4 is 9.64 Å². The number of anilines is 1. The molecule has 30 heavy (non-hydrogen) atoms. The molecule has 0 saturated carbocycles. The third kappa shape index (κ3) is 5.17. The van der Waals surface area contributed by atoms with E-state index in [0.717, 1.165) is 17.7 Å². The first kappa shape index (κ1) is 21.4. The Balaban J connectivity index is 1.57. The quantitative estimate of drug-likeness (QED) is 0.626. The summed E-state index contributed by atoms with van der Waals surface area (Å²) in [5.74, 6) is -0.166. The normalized spacial score (nSPS) is 13.3. The third-order valence-corrected chi connectivity index (χ3v) is 4.89. The monoisotopic (exact) mass is 410 g/mol. The van der Waals surface area contributed by atoms with E-state index in [2.05, 4.69) is 0 Å². The van der Waals surface area contributed by atoms with E-state index in [0.29, 0.717) is 31.8 Å². The number of nitrogens with zero attached hydrogens (tertiary/aromatic N) is 2. The molecule has 2 aromatic carbocycles. The van der Waals surface area contributed by atoms with E-state index in [1.807, 2.05) is 31.2 Å². The van der Waals surface area contributed by atoms with Crippen LogP contribution in [0.5, 0.6) is 5.75 Å². The van der Waals surface area contributed by atoms with Crippen molar-refractivity contribution in [1.82, 2.24) is 4.90 Å². The van der Waals surface area contributed by atoms with E-state index in [1.165, 1.54) is 4.90 Å². The smallest absolute Gasteiger partial charge is 0.340 e. The molecule has 2 aromatic rings. The summed E-state index contributed by atoms with van der Waals surface area (Å²) in [5.41, 5.74) is 1.76. The number of esters is 1. The second kappa shape index (κ2) is 9.91. The van der Waals surface area contributed by atoms with Crippen LogP contribution in [0.4, 0.5) is 5.69 Å². The Labute approximate surface area is 176 Å². The Morgan fingerprint density at radius 3 is 2.50 bits per heavy atom. The van der Waals surface area contributed by atoms with Crippen LogP contribution in [-0.2, 0) is 20.9 Å². The molecule has 1 aliphatic heterocycles. The van der Waals surface area contributed by atoms with Crippen molar-refractivity contribution < 1.29 is 23.9 Å². The van der Waals surface area contributed by atoms with Gasteiger partial charge >= 0.3 is 5.97 Å². The van der Waals surface area contributed by atoms with Gasteiger partial charge in [0.05, 0.1) is 17.9 Å². The molecule has 1 heterocycles. The molecule has 0 spiro atoms. The summed E-state index contributed by atoms with van der Waals surface area (Å²) in [6.45, 7) is 3.12. The van der Waals surface area contributed by atoms with Crippen molar-refractivity contribution >= 4 is 23.5 Å². The van der Waals surface area contributed by atoms with Gasteiger partial charge in [-0.15, -0.1) is 0 Å². The van der Waals surface area contributed by atoms with Gasteiger partial charge < -0.3 is 19.3 Å². The van der Waals surface area contributed by atoms with Crippen molar-refractivity contribution in [2.24, 2.45) is 0 Å². The molecule has 1 aliphatic rings. The van der Waals surface area contributed by atoms with Gasteiger partial charge in [0.25, 0.3) is 5.91 Å². The highest BCUT2D eigenvalue weighted by Gasteiger charge is 2.26. The highest BCUT2D eigenvalue weighted by atomic mass is 16.5. The fourth-order valence-corrected chi connectivity index (χ4v) is 3.32. The predicted octanol–water partition coefficient (Wildman–Crippen LogP) is 3.03. The highest BCUT2D eigenvalue weighted by Crippen LogP contribution is 2.26. The Hall–Kier alpha value is -3.35. The maximum Gasteiger partial charge on any atom is 0.340 e. The maximum absolute atomic E-state index is 12.6. The zero-order valence-electron chi connectivity index (χ0n) is 17.3. The van der Waals surface area contributed by atoms with Crippen LogP contribution in [-0.4, -0.2) is 49.5 Å².